The van der Waals surface area contributed by atoms with Crippen LogP contribution in [0.15, 0.2) is 0 Å². The molecular formula is C14H31N3. The van der Waals surface area contributed by atoms with E-state index in [0.717, 1.165) is 19.0 Å². The molecule has 3 nitrogen and oxygen atoms in total. The number of hydrogen-bond acceptors (Lipinski definition) is 3. The Kier molecular flexibility index (Phi) is 7.82. The number of rotatable bonds is 7. The van der Waals surface area contributed by atoms with E-state index in [1.165, 1.54) is 51.9 Å². The van der Waals surface area contributed by atoms with Gasteiger partial charge in [0, 0.05) is 13.1 Å². The molecule has 0 radical (unpaired) electrons. The maximum absolute atomic E-state index is 3.55. The molecule has 1 atom stereocenters. The Balaban J connectivity index is 1.95. The van der Waals surface area contributed by atoms with Gasteiger partial charge in [0.15, 0.2) is 0 Å². The van der Waals surface area contributed by atoms with Gasteiger partial charge in [-0.3, -0.25) is 0 Å². The zero-order valence-corrected chi connectivity index (χ0v) is 12.0. The highest BCUT2D eigenvalue weighted by molar-refractivity contribution is 4.68. The van der Waals surface area contributed by atoms with Gasteiger partial charge in [-0.25, -0.2) is 0 Å². The van der Waals surface area contributed by atoms with Crippen LogP contribution in [0.5, 0.6) is 0 Å². The number of likely N-dealkylation sites (tertiary alicyclic amines) is 1. The molecule has 3 heteroatoms. The molecule has 1 aliphatic rings. The molecule has 0 bridgehead atoms. The minimum atomic E-state index is 0.938. The average molecular weight is 241 g/mol. The van der Waals surface area contributed by atoms with Gasteiger partial charge in [0.25, 0.3) is 0 Å². The van der Waals surface area contributed by atoms with Crippen molar-refractivity contribution in [1.29, 1.82) is 0 Å². The smallest absolute Gasteiger partial charge is 0.0107 e. The van der Waals surface area contributed by atoms with Gasteiger partial charge < -0.3 is 15.1 Å². The highest BCUT2D eigenvalue weighted by Crippen LogP contribution is 2.15. The third kappa shape index (κ3) is 7.74. The molecule has 1 aliphatic heterocycles. The minimum absolute atomic E-state index is 0.938. The molecule has 0 aromatic heterocycles. The maximum Gasteiger partial charge on any atom is 0.0107 e. The van der Waals surface area contributed by atoms with Gasteiger partial charge in [-0.05, 0) is 71.9 Å². The zero-order valence-electron chi connectivity index (χ0n) is 12.0. The topological polar surface area (TPSA) is 18.5 Å². The van der Waals surface area contributed by atoms with Crippen LogP contribution in [0, 0.1) is 5.92 Å². The molecule has 1 fully saturated rings. The Labute approximate surface area is 108 Å². The van der Waals surface area contributed by atoms with Crippen molar-refractivity contribution in [3.63, 3.8) is 0 Å². The molecule has 0 saturated carbocycles. The molecule has 1 unspecified atom stereocenters. The second-order valence-corrected chi connectivity index (χ2v) is 5.78. The third-order valence-corrected chi connectivity index (χ3v) is 3.67. The van der Waals surface area contributed by atoms with Crippen LogP contribution in [0.1, 0.15) is 32.6 Å². The molecule has 0 amide bonds. The summed E-state index contributed by atoms with van der Waals surface area (Å²) in [6.45, 7) is 9.74. The number of hydrogen-bond donors (Lipinski definition) is 1. The van der Waals surface area contributed by atoms with E-state index in [2.05, 4.69) is 36.1 Å². The van der Waals surface area contributed by atoms with Crippen molar-refractivity contribution in [2.45, 2.75) is 32.6 Å². The molecule has 1 heterocycles. The maximum atomic E-state index is 3.55. The quantitative estimate of drug-likeness (QED) is 0.684. The fourth-order valence-electron chi connectivity index (χ4n) is 2.43. The van der Waals surface area contributed by atoms with Crippen molar-refractivity contribution in [3.05, 3.63) is 0 Å². The summed E-state index contributed by atoms with van der Waals surface area (Å²) in [5.41, 5.74) is 0. The van der Waals surface area contributed by atoms with Crippen molar-refractivity contribution in [1.82, 2.24) is 15.1 Å². The van der Waals surface area contributed by atoms with Crippen molar-refractivity contribution >= 4 is 0 Å². The first-order valence-electron chi connectivity index (χ1n) is 7.26. The fraction of sp³-hybridized carbons (Fsp3) is 1.00. The Bertz CT molecular complexity index is 182. The van der Waals surface area contributed by atoms with Crippen LogP contribution >= 0.6 is 0 Å². The lowest BCUT2D eigenvalue weighted by molar-refractivity contribution is 0.280. The van der Waals surface area contributed by atoms with Gasteiger partial charge in [-0.1, -0.05) is 6.92 Å². The monoisotopic (exact) mass is 241 g/mol. The van der Waals surface area contributed by atoms with Crippen molar-refractivity contribution < 1.29 is 0 Å². The van der Waals surface area contributed by atoms with Crippen molar-refractivity contribution in [2.24, 2.45) is 5.92 Å². The lowest BCUT2D eigenvalue weighted by Crippen LogP contribution is -2.33. The summed E-state index contributed by atoms with van der Waals surface area (Å²) in [6, 6.07) is 0. The van der Waals surface area contributed by atoms with E-state index in [-0.39, 0.29) is 0 Å². The van der Waals surface area contributed by atoms with E-state index in [4.69, 9.17) is 0 Å². The van der Waals surface area contributed by atoms with Gasteiger partial charge >= 0.3 is 0 Å². The average Bonchev–Trinajstić information content (AvgIpc) is 2.48. The first-order valence-corrected chi connectivity index (χ1v) is 7.26. The molecule has 0 aliphatic carbocycles. The SMILES string of the molecule is CC1CCCN(CCNCCCN(C)C)CC1. The minimum Gasteiger partial charge on any atom is -0.315 e. The van der Waals surface area contributed by atoms with Crippen LogP contribution in [-0.2, 0) is 0 Å². The fourth-order valence-corrected chi connectivity index (χ4v) is 2.43. The van der Waals surface area contributed by atoms with E-state index in [1.807, 2.05) is 0 Å². The van der Waals surface area contributed by atoms with Gasteiger partial charge in [0.05, 0.1) is 0 Å². The molecular weight excluding hydrogens is 210 g/mol. The highest BCUT2D eigenvalue weighted by Gasteiger charge is 2.12. The van der Waals surface area contributed by atoms with Crippen LogP contribution in [-0.4, -0.2) is 63.2 Å². The third-order valence-electron chi connectivity index (χ3n) is 3.67. The Morgan fingerprint density at radius 2 is 2.00 bits per heavy atom. The molecule has 1 rings (SSSR count). The van der Waals surface area contributed by atoms with E-state index < -0.39 is 0 Å². The molecule has 1 N–H and O–H groups in total. The van der Waals surface area contributed by atoms with Gasteiger partial charge in [0.1, 0.15) is 0 Å². The largest absolute Gasteiger partial charge is 0.315 e. The molecule has 1 saturated heterocycles. The number of nitrogens with one attached hydrogen (secondary N) is 1. The predicted molar refractivity (Wildman–Crippen MR) is 75.5 cm³/mol. The summed E-state index contributed by atoms with van der Waals surface area (Å²) < 4.78 is 0. The van der Waals surface area contributed by atoms with Crippen LogP contribution < -0.4 is 5.32 Å². The zero-order chi connectivity index (χ0) is 12.5. The molecule has 102 valence electrons. The second kappa shape index (κ2) is 8.90. The normalized spacial score (nSPS) is 22.9. The summed E-state index contributed by atoms with van der Waals surface area (Å²) in [7, 11) is 4.27. The second-order valence-electron chi connectivity index (χ2n) is 5.78. The van der Waals surface area contributed by atoms with E-state index in [0.29, 0.717) is 0 Å². The van der Waals surface area contributed by atoms with Crippen LogP contribution in [0.2, 0.25) is 0 Å². The number of nitrogens with zero attached hydrogens (tertiary/aromatic N) is 2. The van der Waals surface area contributed by atoms with Crippen molar-refractivity contribution in [3.8, 4) is 0 Å². The Morgan fingerprint density at radius 3 is 2.76 bits per heavy atom. The van der Waals surface area contributed by atoms with E-state index in [9.17, 15) is 0 Å². The van der Waals surface area contributed by atoms with Crippen molar-refractivity contribution in [2.75, 3.05) is 53.4 Å². The summed E-state index contributed by atoms with van der Waals surface area (Å²) in [5.74, 6) is 0.938. The van der Waals surface area contributed by atoms with Crippen LogP contribution in [0.3, 0.4) is 0 Å². The summed E-state index contributed by atoms with van der Waals surface area (Å²) in [4.78, 5) is 4.88. The first kappa shape index (κ1) is 14.9. The van der Waals surface area contributed by atoms with E-state index in [1.54, 1.807) is 0 Å². The molecule has 0 aromatic carbocycles. The predicted octanol–water partition coefficient (Wildman–Crippen LogP) is 1.65. The lowest BCUT2D eigenvalue weighted by Gasteiger charge is -2.20. The summed E-state index contributed by atoms with van der Waals surface area (Å²) >= 11 is 0. The van der Waals surface area contributed by atoms with Crippen LogP contribution in [0.25, 0.3) is 0 Å². The summed E-state index contributed by atoms with van der Waals surface area (Å²) in [5, 5.41) is 3.55. The first-order chi connectivity index (χ1) is 8.18. The van der Waals surface area contributed by atoms with Crippen LogP contribution in [0.4, 0.5) is 0 Å². The Hall–Kier alpha value is -0.120. The summed E-state index contributed by atoms with van der Waals surface area (Å²) in [6.07, 6.45) is 5.46. The molecule has 17 heavy (non-hydrogen) atoms. The lowest BCUT2D eigenvalue weighted by atomic mass is 10.0. The van der Waals surface area contributed by atoms with Gasteiger partial charge in [0.2, 0.25) is 0 Å². The standard InChI is InChI=1S/C14H31N3/c1-14-6-4-11-17(12-7-14)13-9-15-8-5-10-16(2)3/h14-15H,4-13H2,1-3H3. The van der Waals surface area contributed by atoms with E-state index >= 15 is 0 Å². The van der Waals surface area contributed by atoms with Gasteiger partial charge in [-0.15, -0.1) is 0 Å². The molecule has 0 spiro atoms. The molecule has 0 aromatic rings. The Morgan fingerprint density at radius 1 is 1.18 bits per heavy atom. The van der Waals surface area contributed by atoms with Gasteiger partial charge in [-0.2, -0.15) is 0 Å². The highest BCUT2D eigenvalue weighted by atomic mass is 15.1.